The van der Waals surface area contributed by atoms with Crippen LogP contribution in [0.15, 0.2) is 72.8 Å². The first-order valence-electron chi connectivity index (χ1n) is 8.13. The number of para-hydroxylation sites is 2. The normalized spacial score (nSPS) is 11.4. The number of rotatable bonds is 2. The zero-order chi connectivity index (χ0) is 17.7. The highest BCUT2D eigenvalue weighted by Crippen LogP contribution is 2.29. The summed E-state index contributed by atoms with van der Waals surface area (Å²) in [6, 6.07) is 22.7. The summed E-state index contributed by atoms with van der Waals surface area (Å²) in [4.78, 5) is 12.2. The van der Waals surface area contributed by atoms with Gasteiger partial charge in [-0.15, -0.1) is 15.0 Å². The molecule has 124 valence electrons. The van der Waals surface area contributed by atoms with Crippen LogP contribution in [0.1, 0.15) is 0 Å². The number of hydrogen-bond donors (Lipinski definition) is 0. The average molecular weight is 340 g/mol. The second-order valence-electron chi connectivity index (χ2n) is 6.09. The molecule has 0 unspecified atom stereocenters. The molecule has 1 heterocycles. The maximum atomic E-state index is 11.3. The molecule has 0 spiro atoms. The fourth-order valence-corrected chi connectivity index (χ4v) is 3.29. The van der Waals surface area contributed by atoms with Gasteiger partial charge >= 0.3 is 0 Å². The van der Waals surface area contributed by atoms with Crippen molar-refractivity contribution >= 4 is 38.3 Å². The number of nitro groups is 1. The Balaban J connectivity index is 1.81. The number of aromatic nitrogens is 3. The first-order valence-corrected chi connectivity index (χ1v) is 8.13. The topological polar surface area (TPSA) is 73.8 Å². The van der Waals surface area contributed by atoms with Crippen molar-refractivity contribution in [2.45, 2.75) is 0 Å². The maximum Gasteiger partial charge on any atom is 0.296 e. The quantitative estimate of drug-likeness (QED) is 0.267. The molecule has 0 atom stereocenters. The van der Waals surface area contributed by atoms with Gasteiger partial charge in [0.2, 0.25) is 0 Å². The Bertz CT molecular complexity index is 1320. The molecule has 0 bridgehead atoms. The predicted molar refractivity (Wildman–Crippen MR) is 101 cm³/mol. The molecule has 5 aromatic rings. The Morgan fingerprint density at radius 3 is 2.35 bits per heavy atom. The molecule has 0 aliphatic rings. The summed E-state index contributed by atoms with van der Waals surface area (Å²) >= 11 is 0. The van der Waals surface area contributed by atoms with Gasteiger partial charge in [-0.3, -0.25) is 10.1 Å². The largest absolute Gasteiger partial charge is 0.296 e. The summed E-state index contributed by atoms with van der Waals surface area (Å²) in [6.45, 7) is 0. The van der Waals surface area contributed by atoms with E-state index in [1.165, 1.54) is 10.9 Å². The van der Waals surface area contributed by atoms with Crippen LogP contribution >= 0.6 is 0 Å². The summed E-state index contributed by atoms with van der Waals surface area (Å²) in [5.41, 5.74) is 1.75. The lowest BCUT2D eigenvalue weighted by atomic mass is 10.0. The zero-order valence-electron chi connectivity index (χ0n) is 13.5. The SMILES string of the molecule is O=[N+]([O-])c1ccccc1-n1nc2ccc3cc4ccccc4cc3c2n1. The van der Waals surface area contributed by atoms with Gasteiger partial charge in [0.1, 0.15) is 11.0 Å². The van der Waals surface area contributed by atoms with Gasteiger partial charge in [0, 0.05) is 11.5 Å². The van der Waals surface area contributed by atoms with E-state index in [9.17, 15) is 10.1 Å². The van der Waals surface area contributed by atoms with Crippen molar-refractivity contribution in [3.05, 3.63) is 82.9 Å². The highest BCUT2D eigenvalue weighted by atomic mass is 16.6. The lowest BCUT2D eigenvalue weighted by Crippen LogP contribution is -2.02. The first-order chi connectivity index (χ1) is 12.7. The van der Waals surface area contributed by atoms with Crippen molar-refractivity contribution < 1.29 is 4.92 Å². The first kappa shape index (κ1) is 14.5. The Morgan fingerprint density at radius 1 is 0.808 bits per heavy atom. The minimum atomic E-state index is -0.422. The van der Waals surface area contributed by atoms with Gasteiger partial charge in [-0.05, 0) is 40.4 Å². The van der Waals surface area contributed by atoms with Crippen LogP contribution < -0.4 is 0 Å². The van der Waals surface area contributed by atoms with Gasteiger partial charge in [-0.2, -0.15) is 0 Å². The zero-order valence-corrected chi connectivity index (χ0v) is 13.5. The molecule has 6 heteroatoms. The standard InChI is InChI=1S/C20H12N4O2/c25-24(26)19-8-4-3-7-18(19)23-21-17-10-9-15-11-13-5-1-2-6-14(13)12-16(15)20(17)22-23/h1-12H. The number of hydrogen-bond acceptors (Lipinski definition) is 4. The van der Waals surface area contributed by atoms with E-state index >= 15 is 0 Å². The molecule has 0 aliphatic heterocycles. The molecule has 5 rings (SSSR count). The molecule has 0 amide bonds. The summed E-state index contributed by atoms with van der Waals surface area (Å²) in [5.74, 6) is 0. The molecule has 0 aliphatic carbocycles. The molecular weight excluding hydrogens is 328 g/mol. The highest BCUT2D eigenvalue weighted by molar-refractivity contribution is 6.09. The van der Waals surface area contributed by atoms with E-state index in [4.69, 9.17) is 0 Å². The van der Waals surface area contributed by atoms with E-state index in [1.54, 1.807) is 18.2 Å². The van der Waals surface area contributed by atoms with Crippen LogP contribution in [0.3, 0.4) is 0 Å². The van der Waals surface area contributed by atoms with E-state index in [1.807, 2.05) is 24.3 Å². The Kier molecular flexibility index (Phi) is 2.99. The van der Waals surface area contributed by atoms with E-state index in [0.29, 0.717) is 11.2 Å². The predicted octanol–water partition coefficient (Wildman–Crippen LogP) is 4.64. The molecule has 1 aromatic heterocycles. The van der Waals surface area contributed by atoms with Crippen LogP contribution in [0.5, 0.6) is 0 Å². The van der Waals surface area contributed by atoms with E-state index in [0.717, 1.165) is 27.1 Å². The minimum Gasteiger partial charge on any atom is -0.258 e. The van der Waals surface area contributed by atoms with Crippen molar-refractivity contribution in [3.63, 3.8) is 0 Å². The lowest BCUT2D eigenvalue weighted by Gasteiger charge is -2.02. The monoisotopic (exact) mass is 340 g/mol. The fourth-order valence-electron chi connectivity index (χ4n) is 3.29. The minimum absolute atomic E-state index is 0.0254. The summed E-state index contributed by atoms with van der Waals surface area (Å²) in [7, 11) is 0. The maximum absolute atomic E-state index is 11.3. The third-order valence-electron chi connectivity index (χ3n) is 4.53. The molecule has 0 radical (unpaired) electrons. The second kappa shape index (κ2) is 5.35. The Hall–Kier alpha value is -3.80. The van der Waals surface area contributed by atoms with Gasteiger partial charge in [0.05, 0.1) is 4.92 Å². The number of fused-ring (bicyclic) bond motifs is 4. The smallest absolute Gasteiger partial charge is 0.258 e. The van der Waals surface area contributed by atoms with Crippen LogP contribution in [-0.4, -0.2) is 19.9 Å². The summed E-state index contributed by atoms with van der Waals surface area (Å²) in [5, 5.41) is 24.6. The average Bonchev–Trinajstić information content (AvgIpc) is 3.11. The Morgan fingerprint density at radius 2 is 1.54 bits per heavy atom. The van der Waals surface area contributed by atoms with Crippen LogP contribution in [0, 0.1) is 10.1 Å². The molecule has 0 saturated heterocycles. The number of nitro benzene ring substituents is 1. The molecule has 4 aromatic carbocycles. The van der Waals surface area contributed by atoms with E-state index in [-0.39, 0.29) is 5.69 Å². The van der Waals surface area contributed by atoms with Crippen LogP contribution in [0.2, 0.25) is 0 Å². The van der Waals surface area contributed by atoms with Crippen LogP contribution in [0.25, 0.3) is 38.3 Å². The molecular formula is C20H12N4O2. The van der Waals surface area contributed by atoms with Crippen LogP contribution in [0.4, 0.5) is 5.69 Å². The van der Waals surface area contributed by atoms with E-state index in [2.05, 4.69) is 34.5 Å². The molecule has 0 N–H and O–H groups in total. The van der Waals surface area contributed by atoms with Gasteiger partial charge < -0.3 is 0 Å². The number of benzene rings is 4. The van der Waals surface area contributed by atoms with Gasteiger partial charge in [0.15, 0.2) is 5.69 Å². The molecule has 0 fully saturated rings. The number of nitrogens with zero attached hydrogens (tertiary/aromatic N) is 4. The summed E-state index contributed by atoms with van der Waals surface area (Å²) < 4.78 is 0. The third kappa shape index (κ3) is 2.12. The highest BCUT2D eigenvalue weighted by Gasteiger charge is 2.17. The molecule has 6 nitrogen and oxygen atoms in total. The van der Waals surface area contributed by atoms with Crippen molar-refractivity contribution in [1.82, 2.24) is 15.0 Å². The van der Waals surface area contributed by atoms with Crippen molar-refractivity contribution in [2.75, 3.05) is 0 Å². The molecule has 26 heavy (non-hydrogen) atoms. The van der Waals surface area contributed by atoms with Crippen LogP contribution in [-0.2, 0) is 0 Å². The van der Waals surface area contributed by atoms with Gasteiger partial charge in [-0.25, -0.2) is 0 Å². The third-order valence-corrected chi connectivity index (χ3v) is 4.53. The summed E-state index contributed by atoms with van der Waals surface area (Å²) in [6.07, 6.45) is 0. The lowest BCUT2D eigenvalue weighted by molar-refractivity contribution is -0.384. The second-order valence-corrected chi connectivity index (χ2v) is 6.09. The van der Waals surface area contributed by atoms with E-state index < -0.39 is 4.92 Å². The molecule has 0 saturated carbocycles. The van der Waals surface area contributed by atoms with Crippen molar-refractivity contribution in [1.29, 1.82) is 0 Å². The Labute approximate surface area is 147 Å². The fraction of sp³-hybridized carbons (Fsp3) is 0. The van der Waals surface area contributed by atoms with Gasteiger partial charge in [-0.1, -0.05) is 42.5 Å². The van der Waals surface area contributed by atoms with Gasteiger partial charge in [0.25, 0.3) is 5.69 Å². The van der Waals surface area contributed by atoms with Crippen molar-refractivity contribution in [3.8, 4) is 5.69 Å². The van der Waals surface area contributed by atoms with Crippen molar-refractivity contribution in [2.24, 2.45) is 0 Å².